The van der Waals surface area contributed by atoms with Crippen LogP contribution in [-0.2, 0) is 21.4 Å². The van der Waals surface area contributed by atoms with Crippen molar-refractivity contribution in [3.63, 3.8) is 0 Å². The van der Waals surface area contributed by atoms with Crippen molar-refractivity contribution >= 4 is 5.97 Å². The zero-order valence-electron chi connectivity index (χ0n) is 12.9. The summed E-state index contributed by atoms with van der Waals surface area (Å²) >= 11 is 0. The van der Waals surface area contributed by atoms with Crippen LogP contribution in [0.4, 0.5) is 13.2 Å². The van der Waals surface area contributed by atoms with Gasteiger partial charge in [0.2, 0.25) is 0 Å². The molecular formula is C18H17F3O2. The van der Waals surface area contributed by atoms with Crippen LogP contribution < -0.4 is 0 Å². The van der Waals surface area contributed by atoms with Gasteiger partial charge >= 0.3 is 5.97 Å². The first-order valence-electron chi connectivity index (χ1n) is 7.25. The minimum absolute atomic E-state index is 0.106. The van der Waals surface area contributed by atoms with Gasteiger partial charge in [-0.15, -0.1) is 0 Å². The Labute approximate surface area is 132 Å². The second-order valence-electron chi connectivity index (χ2n) is 5.44. The number of carbonyl (C=O) groups excluding carboxylic acids is 1. The van der Waals surface area contributed by atoms with Crippen LogP contribution in [0.2, 0.25) is 0 Å². The summed E-state index contributed by atoms with van der Waals surface area (Å²) in [5.74, 6) is -4.94. The quantitative estimate of drug-likeness (QED) is 0.610. The van der Waals surface area contributed by atoms with Gasteiger partial charge in [0.25, 0.3) is 0 Å². The van der Waals surface area contributed by atoms with Crippen molar-refractivity contribution in [2.75, 3.05) is 6.61 Å². The Balaban J connectivity index is 2.54. The molecule has 0 aliphatic heterocycles. The Morgan fingerprint density at radius 1 is 1.04 bits per heavy atom. The maximum Gasteiger partial charge on any atom is 0.316 e. The number of rotatable bonds is 5. The molecular weight excluding hydrogens is 305 g/mol. The van der Waals surface area contributed by atoms with E-state index in [1.165, 1.54) is 6.92 Å². The zero-order valence-corrected chi connectivity index (χ0v) is 12.9. The normalized spacial score (nSPS) is 13.4. The average Bonchev–Trinajstić information content (AvgIpc) is 2.53. The molecule has 2 nitrogen and oxygen atoms in total. The van der Waals surface area contributed by atoms with E-state index in [1.807, 2.05) is 6.07 Å². The Morgan fingerprint density at radius 2 is 1.70 bits per heavy atom. The third kappa shape index (κ3) is 3.38. The second-order valence-corrected chi connectivity index (χ2v) is 5.44. The lowest BCUT2D eigenvalue weighted by atomic mass is 9.77. The Hall–Kier alpha value is -2.30. The minimum Gasteiger partial charge on any atom is -0.465 e. The van der Waals surface area contributed by atoms with E-state index < -0.39 is 28.8 Å². The molecule has 0 spiro atoms. The standard InChI is InChI=1S/C18H17F3O2/c1-3-23-17(22)18(2,11-12-7-5-4-6-8-12)13-9-10-14(19)16(21)15(13)20/h4-10H,3,11H2,1-2H3. The van der Waals surface area contributed by atoms with Crippen LogP contribution in [0.3, 0.4) is 0 Å². The molecule has 2 aromatic rings. The highest BCUT2D eigenvalue weighted by atomic mass is 19.2. The molecule has 2 aromatic carbocycles. The van der Waals surface area contributed by atoms with Crippen molar-refractivity contribution in [3.05, 3.63) is 71.0 Å². The lowest BCUT2D eigenvalue weighted by Gasteiger charge is -2.28. The van der Waals surface area contributed by atoms with Gasteiger partial charge in [0.1, 0.15) is 0 Å². The van der Waals surface area contributed by atoms with Crippen LogP contribution in [0.5, 0.6) is 0 Å². The summed E-state index contributed by atoms with van der Waals surface area (Å²) in [6.07, 6.45) is 0.106. The summed E-state index contributed by atoms with van der Waals surface area (Å²) in [5, 5.41) is 0. The minimum atomic E-state index is -1.59. The fourth-order valence-electron chi connectivity index (χ4n) is 2.52. The SMILES string of the molecule is CCOC(=O)C(C)(Cc1ccccc1)c1ccc(F)c(F)c1F. The van der Waals surface area contributed by atoms with E-state index >= 15 is 0 Å². The van der Waals surface area contributed by atoms with Gasteiger partial charge in [-0.1, -0.05) is 36.4 Å². The summed E-state index contributed by atoms with van der Waals surface area (Å²) < 4.78 is 46.1. The highest BCUT2D eigenvalue weighted by molar-refractivity contribution is 5.83. The molecule has 0 aromatic heterocycles. The molecule has 0 radical (unpaired) electrons. The Kier molecular flexibility index (Phi) is 5.08. The third-order valence-corrected chi connectivity index (χ3v) is 3.76. The molecule has 0 heterocycles. The average molecular weight is 322 g/mol. The molecule has 0 bridgehead atoms. The van der Waals surface area contributed by atoms with Crippen LogP contribution in [0.25, 0.3) is 0 Å². The molecule has 122 valence electrons. The number of esters is 1. The number of ether oxygens (including phenoxy) is 1. The van der Waals surface area contributed by atoms with Crippen LogP contribution in [0, 0.1) is 17.5 Å². The molecule has 0 fully saturated rings. The molecule has 2 rings (SSSR count). The molecule has 5 heteroatoms. The Morgan fingerprint density at radius 3 is 2.30 bits per heavy atom. The number of halogens is 3. The molecule has 1 unspecified atom stereocenters. The summed E-state index contributed by atoms with van der Waals surface area (Å²) in [5.41, 5.74) is -0.929. The van der Waals surface area contributed by atoms with E-state index in [9.17, 15) is 18.0 Å². The fourth-order valence-corrected chi connectivity index (χ4v) is 2.52. The third-order valence-electron chi connectivity index (χ3n) is 3.76. The van der Waals surface area contributed by atoms with Gasteiger partial charge in [-0.2, -0.15) is 0 Å². The van der Waals surface area contributed by atoms with Gasteiger partial charge in [0, 0.05) is 5.56 Å². The fraction of sp³-hybridized carbons (Fsp3) is 0.278. The van der Waals surface area contributed by atoms with E-state index in [4.69, 9.17) is 4.74 Å². The van der Waals surface area contributed by atoms with Gasteiger partial charge in [-0.05, 0) is 31.9 Å². The smallest absolute Gasteiger partial charge is 0.316 e. The number of carbonyl (C=O) groups is 1. The van der Waals surface area contributed by atoms with Crippen molar-refractivity contribution in [2.45, 2.75) is 25.7 Å². The number of benzene rings is 2. The molecule has 0 aliphatic rings. The summed E-state index contributed by atoms with van der Waals surface area (Å²) in [4.78, 5) is 12.4. The van der Waals surface area contributed by atoms with Crippen molar-refractivity contribution < 1.29 is 22.7 Å². The topological polar surface area (TPSA) is 26.3 Å². The second kappa shape index (κ2) is 6.86. The first kappa shape index (κ1) is 17.1. The van der Waals surface area contributed by atoms with Crippen molar-refractivity contribution in [1.82, 2.24) is 0 Å². The molecule has 0 saturated carbocycles. The van der Waals surface area contributed by atoms with Crippen molar-refractivity contribution in [1.29, 1.82) is 0 Å². The first-order valence-corrected chi connectivity index (χ1v) is 7.25. The van der Waals surface area contributed by atoms with Gasteiger partial charge in [0.15, 0.2) is 17.5 Å². The molecule has 1 atom stereocenters. The van der Waals surface area contributed by atoms with Gasteiger partial charge in [-0.3, -0.25) is 4.79 Å². The first-order chi connectivity index (χ1) is 10.9. The van der Waals surface area contributed by atoms with Gasteiger partial charge < -0.3 is 4.74 Å². The van der Waals surface area contributed by atoms with Gasteiger partial charge in [0.05, 0.1) is 12.0 Å². The van der Waals surface area contributed by atoms with Crippen molar-refractivity contribution in [2.24, 2.45) is 0 Å². The van der Waals surface area contributed by atoms with E-state index in [0.29, 0.717) is 0 Å². The molecule has 23 heavy (non-hydrogen) atoms. The highest BCUT2D eigenvalue weighted by Gasteiger charge is 2.40. The summed E-state index contributed by atoms with van der Waals surface area (Å²) in [6.45, 7) is 3.20. The molecule has 0 amide bonds. The maximum absolute atomic E-state index is 14.2. The highest BCUT2D eigenvalue weighted by Crippen LogP contribution is 2.33. The molecule has 0 N–H and O–H groups in total. The van der Waals surface area contributed by atoms with Crippen LogP contribution in [-0.4, -0.2) is 12.6 Å². The lowest BCUT2D eigenvalue weighted by molar-refractivity contribution is -0.149. The maximum atomic E-state index is 14.2. The predicted octanol–water partition coefficient (Wildman–Crippen LogP) is 4.17. The van der Waals surface area contributed by atoms with E-state index in [-0.39, 0.29) is 18.6 Å². The van der Waals surface area contributed by atoms with Crippen LogP contribution in [0.15, 0.2) is 42.5 Å². The summed E-state index contributed by atoms with van der Waals surface area (Å²) in [7, 11) is 0. The predicted molar refractivity (Wildman–Crippen MR) is 80.4 cm³/mol. The van der Waals surface area contributed by atoms with E-state index in [1.54, 1.807) is 31.2 Å². The molecule has 0 aliphatic carbocycles. The zero-order chi connectivity index (χ0) is 17.0. The number of hydrogen-bond donors (Lipinski definition) is 0. The van der Waals surface area contributed by atoms with Crippen molar-refractivity contribution in [3.8, 4) is 0 Å². The monoisotopic (exact) mass is 322 g/mol. The molecule has 0 saturated heterocycles. The van der Waals surface area contributed by atoms with Crippen LogP contribution in [0.1, 0.15) is 25.0 Å². The summed E-state index contributed by atoms with van der Waals surface area (Å²) in [6, 6.07) is 10.8. The van der Waals surface area contributed by atoms with Crippen LogP contribution >= 0.6 is 0 Å². The largest absolute Gasteiger partial charge is 0.465 e. The number of hydrogen-bond acceptors (Lipinski definition) is 2. The van der Waals surface area contributed by atoms with E-state index in [0.717, 1.165) is 17.7 Å². The van der Waals surface area contributed by atoms with Gasteiger partial charge in [-0.25, -0.2) is 13.2 Å². The van der Waals surface area contributed by atoms with E-state index in [2.05, 4.69) is 0 Å². The Bertz CT molecular complexity index is 701. The lowest BCUT2D eigenvalue weighted by Crippen LogP contribution is -2.38.